The molecule has 0 saturated carbocycles. The van der Waals surface area contributed by atoms with Gasteiger partial charge in [-0.2, -0.15) is 0 Å². The van der Waals surface area contributed by atoms with Crippen molar-refractivity contribution in [3.8, 4) is 28.3 Å². The van der Waals surface area contributed by atoms with Crippen LogP contribution in [0.15, 0.2) is 72.9 Å². The van der Waals surface area contributed by atoms with Crippen molar-refractivity contribution < 1.29 is 0 Å². The first-order chi connectivity index (χ1) is 13.2. The predicted octanol–water partition coefficient (Wildman–Crippen LogP) is 3.45. The van der Waals surface area contributed by atoms with Gasteiger partial charge in [-0.1, -0.05) is 42.5 Å². The average molecular weight is 356 g/mol. The van der Waals surface area contributed by atoms with E-state index < -0.39 is 0 Å². The van der Waals surface area contributed by atoms with Crippen molar-refractivity contribution in [2.45, 2.75) is 6.54 Å². The molecule has 4 aromatic rings. The lowest BCUT2D eigenvalue weighted by Crippen LogP contribution is -2.11. The fraction of sp³-hybridized carbons (Fsp3) is 0.143. The Kier molecular flexibility index (Phi) is 4.72. The van der Waals surface area contributed by atoms with Crippen molar-refractivity contribution in [3.63, 3.8) is 0 Å². The average Bonchev–Trinajstić information content (AvgIpc) is 3.19. The Morgan fingerprint density at radius 2 is 1.78 bits per heavy atom. The number of tetrazole rings is 1. The summed E-state index contributed by atoms with van der Waals surface area (Å²) in [6, 6.07) is 22.3. The Morgan fingerprint density at radius 1 is 0.926 bits per heavy atom. The van der Waals surface area contributed by atoms with Crippen molar-refractivity contribution >= 4 is 0 Å². The zero-order chi connectivity index (χ0) is 18.6. The first-order valence-electron chi connectivity index (χ1n) is 8.75. The van der Waals surface area contributed by atoms with Crippen LogP contribution >= 0.6 is 0 Å². The molecular weight excluding hydrogens is 336 g/mol. The molecule has 0 aliphatic carbocycles. The molecule has 0 radical (unpaired) electrons. The summed E-state index contributed by atoms with van der Waals surface area (Å²) in [5, 5.41) is 12.8. The number of rotatable bonds is 5. The Hall–Kier alpha value is -3.38. The normalized spacial score (nSPS) is 11.1. The summed E-state index contributed by atoms with van der Waals surface area (Å²) < 4.78 is 0. The van der Waals surface area contributed by atoms with E-state index in [0.717, 1.165) is 17.8 Å². The Balaban J connectivity index is 1.69. The molecule has 0 fully saturated rings. The highest BCUT2D eigenvalue weighted by atomic mass is 15.6. The van der Waals surface area contributed by atoms with E-state index in [4.69, 9.17) is 0 Å². The highest BCUT2D eigenvalue weighted by Crippen LogP contribution is 2.26. The second-order valence-corrected chi connectivity index (χ2v) is 6.56. The summed E-state index contributed by atoms with van der Waals surface area (Å²) in [5.41, 5.74) is 5.18. The van der Waals surface area contributed by atoms with Crippen molar-refractivity contribution in [1.82, 2.24) is 30.1 Å². The number of hydrogen-bond acceptors (Lipinski definition) is 5. The van der Waals surface area contributed by atoms with Gasteiger partial charge in [-0.15, -0.1) is 15.0 Å². The van der Waals surface area contributed by atoms with Gasteiger partial charge in [-0.25, -0.2) is 0 Å². The summed E-state index contributed by atoms with van der Waals surface area (Å²) in [6.45, 7) is 0.881. The molecule has 0 aliphatic heterocycles. The summed E-state index contributed by atoms with van der Waals surface area (Å²) >= 11 is 0. The van der Waals surface area contributed by atoms with Crippen LogP contribution in [0.1, 0.15) is 5.56 Å². The first kappa shape index (κ1) is 17.1. The van der Waals surface area contributed by atoms with Gasteiger partial charge in [-0.3, -0.25) is 4.98 Å². The molecule has 0 amide bonds. The van der Waals surface area contributed by atoms with E-state index in [-0.39, 0.29) is 0 Å². The summed E-state index contributed by atoms with van der Waals surface area (Å²) in [6.07, 6.45) is 1.72. The quantitative estimate of drug-likeness (QED) is 0.548. The lowest BCUT2D eigenvalue weighted by molar-refractivity contribution is 0.403. The second kappa shape index (κ2) is 7.47. The lowest BCUT2D eigenvalue weighted by Gasteiger charge is -2.14. The number of hydrogen-bond donors (Lipinski definition) is 0. The minimum atomic E-state index is 0.508. The maximum Gasteiger partial charge on any atom is 0.223 e. The van der Waals surface area contributed by atoms with E-state index >= 15 is 0 Å². The molecule has 134 valence electrons. The fourth-order valence-corrected chi connectivity index (χ4v) is 3.00. The van der Waals surface area contributed by atoms with Gasteiger partial charge in [-0.05, 0) is 60.3 Å². The Bertz CT molecular complexity index is 1040. The fourth-order valence-electron chi connectivity index (χ4n) is 3.00. The van der Waals surface area contributed by atoms with Crippen molar-refractivity contribution in [3.05, 3.63) is 78.5 Å². The summed E-state index contributed by atoms with van der Waals surface area (Å²) in [7, 11) is 4.15. The second-order valence-electron chi connectivity index (χ2n) is 6.56. The van der Waals surface area contributed by atoms with Gasteiger partial charge in [0.25, 0.3) is 0 Å². The van der Waals surface area contributed by atoms with Crippen LogP contribution in [0, 0.1) is 0 Å². The molecule has 0 saturated heterocycles. The molecule has 2 aromatic heterocycles. The van der Waals surface area contributed by atoms with Gasteiger partial charge < -0.3 is 4.90 Å². The van der Waals surface area contributed by atoms with Crippen LogP contribution in [0.3, 0.4) is 0 Å². The standard InChI is InChI=1S/C21H20N6/c1-26(2)15-17-8-3-4-11-19(17)16-9-7-10-18(14-16)27-24-21(23-25-27)20-12-5-6-13-22-20/h3-14H,15H2,1-2H3. The number of pyridine rings is 1. The summed E-state index contributed by atoms with van der Waals surface area (Å²) in [5.74, 6) is 0.508. The van der Waals surface area contributed by atoms with E-state index in [9.17, 15) is 0 Å². The van der Waals surface area contributed by atoms with Gasteiger partial charge in [0.2, 0.25) is 5.82 Å². The monoisotopic (exact) mass is 356 g/mol. The van der Waals surface area contributed by atoms with Gasteiger partial charge in [0, 0.05) is 12.7 Å². The molecule has 0 N–H and O–H groups in total. The molecule has 0 bridgehead atoms. The Morgan fingerprint density at radius 3 is 2.59 bits per heavy atom. The first-order valence-corrected chi connectivity index (χ1v) is 8.75. The van der Waals surface area contributed by atoms with Crippen molar-refractivity contribution in [2.75, 3.05) is 14.1 Å². The largest absolute Gasteiger partial charge is 0.305 e. The van der Waals surface area contributed by atoms with Gasteiger partial charge in [0.15, 0.2) is 0 Å². The smallest absolute Gasteiger partial charge is 0.223 e. The minimum Gasteiger partial charge on any atom is -0.305 e. The van der Waals surface area contributed by atoms with E-state index in [2.05, 4.69) is 75.8 Å². The maximum absolute atomic E-state index is 4.48. The number of aromatic nitrogens is 5. The highest BCUT2D eigenvalue weighted by molar-refractivity contribution is 5.69. The van der Waals surface area contributed by atoms with Crippen LogP contribution in [0.5, 0.6) is 0 Å². The molecule has 6 nitrogen and oxygen atoms in total. The number of benzene rings is 2. The maximum atomic E-state index is 4.48. The van der Waals surface area contributed by atoms with Crippen LogP contribution in [-0.4, -0.2) is 44.2 Å². The van der Waals surface area contributed by atoms with E-state index in [1.165, 1.54) is 11.1 Å². The van der Waals surface area contributed by atoms with Crippen molar-refractivity contribution in [1.29, 1.82) is 0 Å². The third-order valence-corrected chi connectivity index (χ3v) is 4.20. The molecule has 6 heteroatoms. The third-order valence-electron chi connectivity index (χ3n) is 4.20. The molecule has 0 atom stereocenters. The molecule has 0 aliphatic rings. The molecule has 2 heterocycles. The highest BCUT2D eigenvalue weighted by Gasteiger charge is 2.10. The lowest BCUT2D eigenvalue weighted by atomic mass is 9.99. The minimum absolute atomic E-state index is 0.508. The van der Waals surface area contributed by atoms with E-state index in [1.54, 1.807) is 11.0 Å². The van der Waals surface area contributed by atoms with Crippen LogP contribution in [0.25, 0.3) is 28.3 Å². The molecule has 0 spiro atoms. The molecule has 4 rings (SSSR count). The van der Waals surface area contributed by atoms with Gasteiger partial charge in [0.05, 0.1) is 5.69 Å². The van der Waals surface area contributed by atoms with Crippen LogP contribution in [0.2, 0.25) is 0 Å². The molecular formula is C21H20N6. The van der Waals surface area contributed by atoms with Crippen LogP contribution in [-0.2, 0) is 6.54 Å². The number of nitrogens with zero attached hydrogens (tertiary/aromatic N) is 6. The zero-order valence-electron chi connectivity index (χ0n) is 15.3. The molecule has 27 heavy (non-hydrogen) atoms. The van der Waals surface area contributed by atoms with E-state index in [1.807, 2.05) is 30.3 Å². The van der Waals surface area contributed by atoms with Crippen LogP contribution < -0.4 is 0 Å². The van der Waals surface area contributed by atoms with Gasteiger partial charge in [0.1, 0.15) is 5.69 Å². The zero-order valence-corrected chi connectivity index (χ0v) is 15.3. The van der Waals surface area contributed by atoms with Crippen molar-refractivity contribution in [2.24, 2.45) is 0 Å². The topological polar surface area (TPSA) is 59.7 Å². The van der Waals surface area contributed by atoms with Gasteiger partial charge >= 0.3 is 0 Å². The van der Waals surface area contributed by atoms with Crippen LogP contribution in [0.4, 0.5) is 0 Å². The predicted molar refractivity (Wildman–Crippen MR) is 105 cm³/mol. The summed E-state index contributed by atoms with van der Waals surface area (Å²) in [4.78, 5) is 7.99. The van der Waals surface area contributed by atoms with E-state index in [0.29, 0.717) is 11.5 Å². The molecule has 2 aromatic carbocycles. The molecule has 0 unspecified atom stereocenters. The SMILES string of the molecule is CN(C)Cc1ccccc1-c1cccc(-n2nnc(-c3ccccn3)n2)c1. The third kappa shape index (κ3) is 3.75. The Labute approximate surface area is 158 Å².